The first-order valence-corrected chi connectivity index (χ1v) is 7.62. The number of methoxy groups -OCH3 is 1. The average Bonchev–Trinajstić information content (AvgIpc) is 2.43. The van der Waals surface area contributed by atoms with E-state index in [1.165, 1.54) is 30.7 Å². The van der Waals surface area contributed by atoms with Crippen molar-refractivity contribution in [1.82, 2.24) is 9.99 Å². The number of thioether (sulfide) groups is 1. The van der Waals surface area contributed by atoms with Gasteiger partial charge in [0.25, 0.3) is 5.91 Å². The van der Waals surface area contributed by atoms with Crippen LogP contribution in [-0.4, -0.2) is 58.4 Å². The van der Waals surface area contributed by atoms with Crippen LogP contribution in [-0.2, 0) is 23.9 Å². The molecule has 21 heavy (non-hydrogen) atoms. The molecule has 0 aliphatic carbocycles. The number of hydrogen-bond acceptors (Lipinski definition) is 7. The first-order chi connectivity index (χ1) is 9.92. The average molecular weight is 334 g/mol. The minimum Gasteiger partial charge on any atom is -0.477 e. The van der Waals surface area contributed by atoms with Crippen LogP contribution >= 0.6 is 21.2 Å². The molecule has 0 spiro atoms. The molecule has 10 heteroatoms. The number of nitrogens with zero attached hydrogens (tertiary/aromatic N) is 1. The summed E-state index contributed by atoms with van der Waals surface area (Å²) in [6.45, 7) is 1.23. The maximum Gasteiger partial charge on any atom is 0.352 e. The lowest BCUT2D eigenvalue weighted by molar-refractivity contribution is -0.162. The predicted molar refractivity (Wildman–Crippen MR) is 77.0 cm³/mol. The van der Waals surface area contributed by atoms with E-state index in [0.717, 1.165) is 0 Å². The zero-order valence-electron chi connectivity index (χ0n) is 11.4. The quantitative estimate of drug-likeness (QED) is 0.301. The highest BCUT2D eigenvalue weighted by atomic mass is 32.2. The molecule has 2 N–H and O–H groups in total. The number of β-lactam (4-membered cyclic amide) rings is 1. The molecule has 2 unspecified atom stereocenters. The molecule has 2 heterocycles. The fourth-order valence-corrected chi connectivity index (χ4v) is 3.93. The SMILES string of the molecule is CO[C@@H]1C(=O)N2C(C(=O)O)=C(C(NP)OC(C)=O)CS[C@H]12. The van der Waals surface area contributed by atoms with Crippen molar-refractivity contribution in [1.29, 1.82) is 0 Å². The van der Waals surface area contributed by atoms with Gasteiger partial charge in [-0.1, -0.05) is 9.39 Å². The molecular weight excluding hydrogens is 319 g/mol. The van der Waals surface area contributed by atoms with Crippen LogP contribution in [0.15, 0.2) is 11.3 Å². The molecule has 0 aromatic rings. The summed E-state index contributed by atoms with van der Waals surface area (Å²) in [5.41, 5.74) is 0.176. The largest absolute Gasteiger partial charge is 0.477 e. The van der Waals surface area contributed by atoms with E-state index in [-0.39, 0.29) is 11.1 Å². The van der Waals surface area contributed by atoms with Gasteiger partial charge in [0, 0.05) is 25.4 Å². The van der Waals surface area contributed by atoms with Gasteiger partial charge in [-0.3, -0.25) is 19.6 Å². The predicted octanol–water partition coefficient (Wildman–Crippen LogP) is -0.476. The minimum atomic E-state index is -1.24. The molecule has 1 fully saturated rings. The van der Waals surface area contributed by atoms with Crippen LogP contribution in [0.25, 0.3) is 0 Å². The van der Waals surface area contributed by atoms with Gasteiger partial charge in [0.05, 0.1) is 0 Å². The summed E-state index contributed by atoms with van der Waals surface area (Å²) in [6, 6.07) is 0. The van der Waals surface area contributed by atoms with Crippen LogP contribution in [0.2, 0.25) is 0 Å². The van der Waals surface area contributed by atoms with Gasteiger partial charge in [0.15, 0.2) is 12.3 Å². The highest BCUT2D eigenvalue weighted by molar-refractivity contribution is 8.00. The molecule has 0 radical (unpaired) electrons. The van der Waals surface area contributed by atoms with Crippen molar-refractivity contribution in [3.63, 3.8) is 0 Å². The second-order valence-corrected chi connectivity index (χ2v) is 5.84. The van der Waals surface area contributed by atoms with E-state index in [4.69, 9.17) is 9.47 Å². The number of carboxylic acid groups (broad SMARTS) is 1. The van der Waals surface area contributed by atoms with E-state index in [1.807, 2.05) is 0 Å². The molecule has 116 valence electrons. The number of nitrogens with one attached hydrogen (secondary N) is 1. The molecule has 2 rings (SSSR count). The Kier molecular flexibility index (Phi) is 4.88. The third-order valence-electron chi connectivity index (χ3n) is 3.16. The van der Waals surface area contributed by atoms with E-state index < -0.39 is 30.2 Å². The van der Waals surface area contributed by atoms with Crippen LogP contribution < -0.4 is 5.09 Å². The highest BCUT2D eigenvalue weighted by Gasteiger charge is 2.54. The first kappa shape index (κ1) is 16.2. The Morgan fingerprint density at radius 1 is 1.57 bits per heavy atom. The second-order valence-electron chi connectivity index (χ2n) is 4.40. The van der Waals surface area contributed by atoms with Gasteiger partial charge in [-0.25, -0.2) is 4.79 Å². The van der Waals surface area contributed by atoms with Crippen LogP contribution in [0.3, 0.4) is 0 Å². The molecule has 2 aliphatic heterocycles. The Hall–Kier alpha value is -1.15. The third-order valence-corrected chi connectivity index (χ3v) is 4.74. The number of amides is 1. The monoisotopic (exact) mass is 334 g/mol. The fourth-order valence-electron chi connectivity index (χ4n) is 2.26. The van der Waals surface area contributed by atoms with Crippen LogP contribution in [0.4, 0.5) is 0 Å². The molecule has 0 saturated carbocycles. The van der Waals surface area contributed by atoms with Crippen molar-refractivity contribution in [2.75, 3.05) is 12.9 Å². The maximum absolute atomic E-state index is 12.0. The standard InChI is InChI=1S/C11H15N2O6PS/c1-4(14)19-8(12-20)5-3-21-10-7(18-2)9(15)13(10)6(5)11(16)17/h7-8,10,12H,3,20H2,1-2H3,(H,16,17)/t7-,8?,10-/m1/s1. The Bertz CT molecular complexity index is 525. The summed E-state index contributed by atoms with van der Waals surface area (Å²) in [7, 11) is 3.58. The Balaban J connectivity index is 2.37. The number of rotatable bonds is 5. The summed E-state index contributed by atoms with van der Waals surface area (Å²) in [4.78, 5) is 35.8. The van der Waals surface area contributed by atoms with Gasteiger partial charge < -0.3 is 14.6 Å². The van der Waals surface area contributed by atoms with E-state index >= 15 is 0 Å². The lowest BCUT2D eigenvalue weighted by Crippen LogP contribution is -2.66. The molecule has 4 atom stereocenters. The van der Waals surface area contributed by atoms with Gasteiger partial charge >= 0.3 is 11.9 Å². The molecule has 0 bridgehead atoms. The molecule has 0 aromatic heterocycles. The zero-order chi connectivity index (χ0) is 15.7. The molecular formula is C11H15N2O6PS. The topological polar surface area (TPSA) is 105 Å². The van der Waals surface area contributed by atoms with Gasteiger partial charge in [0.2, 0.25) is 0 Å². The van der Waals surface area contributed by atoms with Crippen molar-refractivity contribution < 1.29 is 29.0 Å². The number of hydrogen-bond donors (Lipinski definition) is 2. The van der Waals surface area contributed by atoms with Gasteiger partial charge in [0.1, 0.15) is 11.1 Å². The van der Waals surface area contributed by atoms with Crippen molar-refractivity contribution in [3.8, 4) is 0 Å². The fraction of sp³-hybridized carbons (Fsp3) is 0.545. The van der Waals surface area contributed by atoms with Gasteiger partial charge in [-0.15, -0.1) is 11.8 Å². The number of carboxylic acids is 1. The summed E-state index contributed by atoms with van der Waals surface area (Å²) in [6.07, 6.45) is -1.55. The smallest absolute Gasteiger partial charge is 0.352 e. The van der Waals surface area contributed by atoms with E-state index in [2.05, 4.69) is 14.5 Å². The number of fused-ring (bicyclic) bond motifs is 1. The van der Waals surface area contributed by atoms with Crippen molar-refractivity contribution in [3.05, 3.63) is 11.3 Å². The number of esters is 1. The zero-order valence-corrected chi connectivity index (χ0v) is 13.3. The number of aliphatic carboxylic acids is 1. The summed E-state index contributed by atoms with van der Waals surface area (Å²) >= 11 is 1.37. The van der Waals surface area contributed by atoms with E-state index in [9.17, 15) is 19.5 Å². The van der Waals surface area contributed by atoms with Gasteiger partial charge in [-0.05, 0) is 0 Å². The third kappa shape index (κ3) is 2.78. The number of carbonyl (C=O) groups is 3. The minimum absolute atomic E-state index is 0.154. The van der Waals surface area contributed by atoms with E-state index in [1.54, 1.807) is 0 Å². The molecule has 1 saturated heterocycles. The second kappa shape index (κ2) is 6.31. The molecule has 0 aromatic carbocycles. The number of carbonyl (C=O) groups excluding carboxylic acids is 2. The highest BCUT2D eigenvalue weighted by Crippen LogP contribution is 2.42. The van der Waals surface area contributed by atoms with Crippen molar-refractivity contribution >= 4 is 39.0 Å². The molecule has 2 aliphatic rings. The normalized spacial score (nSPS) is 26.0. The maximum atomic E-state index is 12.0. The number of ether oxygens (including phenoxy) is 2. The Labute approximate surface area is 127 Å². The lowest BCUT2D eigenvalue weighted by Gasteiger charge is -2.49. The lowest BCUT2D eigenvalue weighted by atomic mass is 10.0. The van der Waals surface area contributed by atoms with Crippen LogP contribution in [0.1, 0.15) is 6.92 Å². The Morgan fingerprint density at radius 3 is 2.71 bits per heavy atom. The summed E-state index contributed by atoms with van der Waals surface area (Å²) < 4.78 is 10.1. The molecule has 8 nitrogen and oxygen atoms in total. The van der Waals surface area contributed by atoms with Gasteiger partial charge in [-0.2, -0.15) is 0 Å². The van der Waals surface area contributed by atoms with Crippen molar-refractivity contribution in [2.45, 2.75) is 24.6 Å². The molecule has 1 amide bonds. The summed E-state index contributed by atoms with van der Waals surface area (Å²) in [5.74, 6) is -1.88. The van der Waals surface area contributed by atoms with Crippen molar-refractivity contribution in [2.24, 2.45) is 0 Å². The first-order valence-electron chi connectivity index (χ1n) is 5.99. The summed E-state index contributed by atoms with van der Waals surface area (Å²) in [5, 5.41) is 11.7. The van der Waals surface area contributed by atoms with Crippen LogP contribution in [0.5, 0.6) is 0 Å². The Morgan fingerprint density at radius 2 is 2.24 bits per heavy atom. The van der Waals surface area contributed by atoms with Crippen LogP contribution in [0, 0.1) is 0 Å². The van der Waals surface area contributed by atoms with E-state index in [0.29, 0.717) is 11.3 Å².